The van der Waals surface area contributed by atoms with Gasteiger partial charge >= 0.3 is 0 Å². The van der Waals surface area contributed by atoms with E-state index in [4.69, 9.17) is 25.4 Å². The third-order valence-corrected chi connectivity index (χ3v) is 7.78. The molecule has 13 heteroatoms. The van der Waals surface area contributed by atoms with Crippen LogP contribution in [0.3, 0.4) is 0 Å². The van der Waals surface area contributed by atoms with E-state index >= 15 is 0 Å². The maximum absolute atomic E-state index is 13.2. The smallest absolute Gasteiger partial charge is 0.251 e. The van der Waals surface area contributed by atoms with E-state index in [-0.39, 0.29) is 43.6 Å². The Hall–Kier alpha value is -4.33. The number of hydrogen-bond acceptors (Lipinski definition) is 8. The predicted molar refractivity (Wildman–Crippen MR) is 147 cm³/mol. The lowest BCUT2D eigenvalue weighted by molar-refractivity contribution is -0.152. The molecule has 2 aromatic carbocycles. The maximum Gasteiger partial charge on any atom is 0.251 e. The summed E-state index contributed by atoms with van der Waals surface area (Å²) in [6.07, 6.45) is 0.164. The van der Waals surface area contributed by atoms with Crippen molar-refractivity contribution in [2.75, 3.05) is 26.3 Å². The van der Waals surface area contributed by atoms with Crippen molar-refractivity contribution in [2.24, 2.45) is 5.73 Å². The first-order chi connectivity index (χ1) is 19.7. The van der Waals surface area contributed by atoms with Crippen molar-refractivity contribution in [2.45, 2.75) is 24.8 Å². The molecule has 0 aliphatic carbocycles. The van der Waals surface area contributed by atoms with Gasteiger partial charge in [-0.05, 0) is 60.7 Å². The highest BCUT2D eigenvalue weighted by molar-refractivity contribution is 7.14. The Morgan fingerprint density at radius 1 is 1.02 bits per heavy atom. The zero-order valence-electron chi connectivity index (χ0n) is 21.9. The molecule has 3 amide bonds. The van der Waals surface area contributed by atoms with Gasteiger partial charge in [-0.2, -0.15) is 0 Å². The summed E-state index contributed by atoms with van der Waals surface area (Å²) in [5.74, 6) is -1.90. The Labute approximate surface area is 238 Å². The van der Waals surface area contributed by atoms with E-state index in [1.54, 1.807) is 36.4 Å². The number of thiophene rings is 1. The number of nitrogens with two attached hydrogens (primary N) is 1. The number of amides is 3. The highest BCUT2D eigenvalue weighted by atomic mass is 32.1. The number of halogens is 1. The van der Waals surface area contributed by atoms with Crippen LogP contribution in [0.25, 0.3) is 0 Å². The van der Waals surface area contributed by atoms with E-state index in [9.17, 15) is 18.8 Å². The van der Waals surface area contributed by atoms with Crippen molar-refractivity contribution in [3.8, 4) is 11.5 Å². The van der Waals surface area contributed by atoms with Gasteiger partial charge < -0.3 is 35.5 Å². The van der Waals surface area contributed by atoms with Gasteiger partial charge in [-0.3, -0.25) is 19.8 Å². The molecule has 3 aromatic rings. The highest BCUT2D eigenvalue weighted by Gasteiger charge is 2.52. The second-order valence-electron chi connectivity index (χ2n) is 9.51. The van der Waals surface area contributed by atoms with E-state index in [0.29, 0.717) is 35.2 Å². The number of carbonyl (C=O) groups excluding carboxylic acids is 3. The molecule has 11 nitrogen and oxygen atoms in total. The summed E-state index contributed by atoms with van der Waals surface area (Å²) in [6, 6.07) is 14.5. The minimum Gasteiger partial charge on any atom is -0.457 e. The molecular weight excluding hydrogens is 553 g/mol. The number of nitrogens with zero attached hydrogens (tertiary/aromatic N) is 1. The summed E-state index contributed by atoms with van der Waals surface area (Å²) in [4.78, 5) is 41.9. The molecule has 5 rings (SSSR count). The van der Waals surface area contributed by atoms with Crippen molar-refractivity contribution >= 4 is 34.9 Å². The molecule has 0 radical (unpaired) electrons. The SMILES string of the molecule is N=C(N)c1ccc(CNC(=O)C2CC3(CN2C(=O)CNC(=O)c2ccc(Oc4ccc(F)cc4)cc2)OCCO3)s1. The van der Waals surface area contributed by atoms with Crippen LogP contribution in [0.15, 0.2) is 60.7 Å². The molecular formula is C28H28FN5O6S. The van der Waals surface area contributed by atoms with Gasteiger partial charge in [0.15, 0.2) is 5.79 Å². The minimum absolute atomic E-state index is 0.0473. The van der Waals surface area contributed by atoms with Crippen LogP contribution in [-0.4, -0.2) is 66.6 Å². The largest absolute Gasteiger partial charge is 0.457 e. The Kier molecular flexibility index (Phi) is 8.28. The lowest BCUT2D eigenvalue weighted by atomic mass is 10.1. The molecule has 2 aliphatic heterocycles. The monoisotopic (exact) mass is 581 g/mol. The third-order valence-electron chi connectivity index (χ3n) is 6.66. The van der Waals surface area contributed by atoms with Crippen LogP contribution in [0.5, 0.6) is 11.5 Å². The van der Waals surface area contributed by atoms with Crippen LogP contribution < -0.4 is 21.1 Å². The normalized spacial score (nSPS) is 17.4. The van der Waals surface area contributed by atoms with Gasteiger partial charge in [0.05, 0.1) is 37.7 Å². The number of hydrogen-bond donors (Lipinski definition) is 4. The first-order valence-electron chi connectivity index (χ1n) is 12.8. The standard InChI is InChI=1S/C28H28FN5O6S/c29-18-3-7-20(8-4-18)40-19-5-1-17(2-6-19)26(36)33-15-24(35)34-16-28(38-11-12-39-28)13-22(34)27(37)32-14-21-9-10-23(41-21)25(30)31/h1-10,22H,11-16H2,(H3,30,31)(H,32,37)(H,33,36). The molecule has 1 atom stereocenters. The summed E-state index contributed by atoms with van der Waals surface area (Å²) in [7, 11) is 0. The van der Waals surface area contributed by atoms with E-state index < -0.39 is 23.6 Å². The van der Waals surface area contributed by atoms with E-state index in [0.717, 1.165) is 4.88 Å². The Bertz CT molecular complexity index is 1440. The van der Waals surface area contributed by atoms with Gasteiger partial charge in [0.25, 0.3) is 5.91 Å². The van der Waals surface area contributed by atoms with Crippen LogP contribution in [-0.2, 0) is 25.6 Å². The third kappa shape index (κ3) is 6.70. The van der Waals surface area contributed by atoms with E-state index in [1.807, 2.05) is 0 Å². The lowest BCUT2D eigenvalue weighted by Crippen LogP contribution is -2.49. The maximum atomic E-state index is 13.2. The second-order valence-corrected chi connectivity index (χ2v) is 10.7. The highest BCUT2D eigenvalue weighted by Crippen LogP contribution is 2.35. The predicted octanol–water partition coefficient (Wildman–Crippen LogP) is 2.35. The van der Waals surface area contributed by atoms with Gasteiger partial charge in [0.1, 0.15) is 29.2 Å². The molecule has 0 saturated carbocycles. The Morgan fingerprint density at radius 2 is 1.68 bits per heavy atom. The number of benzene rings is 2. The minimum atomic E-state index is -1.06. The molecule has 2 saturated heterocycles. The summed E-state index contributed by atoms with van der Waals surface area (Å²) in [5.41, 5.74) is 5.82. The van der Waals surface area contributed by atoms with Crippen LogP contribution in [0.1, 0.15) is 26.5 Å². The molecule has 1 unspecified atom stereocenters. The number of nitrogens with one attached hydrogen (secondary N) is 3. The molecule has 0 bridgehead atoms. The Balaban J connectivity index is 1.18. The average molecular weight is 582 g/mol. The molecule has 214 valence electrons. The number of rotatable bonds is 9. The van der Waals surface area contributed by atoms with Crippen molar-refractivity contribution in [3.63, 3.8) is 0 Å². The molecule has 2 aliphatic rings. The fourth-order valence-corrected chi connectivity index (χ4v) is 5.43. The number of nitrogen functional groups attached to an aromatic ring is 1. The fraction of sp³-hybridized carbons (Fsp3) is 0.286. The van der Waals surface area contributed by atoms with Gasteiger partial charge in [-0.25, -0.2) is 4.39 Å². The van der Waals surface area contributed by atoms with Crippen LogP contribution in [0.2, 0.25) is 0 Å². The van der Waals surface area contributed by atoms with Gasteiger partial charge in [0, 0.05) is 16.9 Å². The number of ether oxygens (including phenoxy) is 3. The van der Waals surface area contributed by atoms with Crippen molar-refractivity contribution in [1.29, 1.82) is 5.41 Å². The Morgan fingerprint density at radius 3 is 2.32 bits per heavy atom. The number of amidine groups is 1. The van der Waals surface area contributed by atoms with Gasteiger partial charge in [-0.15, -0.1) is 11.3 Å². The summed E-state index contributed by atoms with van der Waals surface area (Å²) < 4.78 is 30.2. The lowest BCUT2D eigenvalue weighted by Gasteiger charge is -2.24. The van der Waals surface area contributed by atoms with Gasteiger partial charge in [-0.1, -0.05) is 0 Å². The average Bonchev–Trinajstić information content (AvgIpc) is 3.73. The van der Waals surface area contributed by atoms with Crippen molar-refractivity contribution in [1.82, 2.24) is 15.5 Å². The van der Waals surface area contributed by atoms with Crippen LogP contribution in [0, 0.1) is 11.2 Å². The first-order valence-corrected chi connectivity index (χ1v) is 13.6. The van der Waals surface area contributed by atoms with E-state index in [2.05, 4.69) is 10.6 Å². The summed E-state index contributed by atoms with van der Waals surface area (Å²) >= 11 is 1.30. The zero-order valence-corrected chi connectivity index (χ0v) is 22.7. The van der Waals surface area contributed by atoms with Crippen molar-refractivity contribution < 1.29 is 33.0 Å². The topological polar surface area (TPSA) is 156 Å². The van der Waals surface area contributed by atoms with Gasteiger partial charge in [0.2, 0.25) is 11.8 Å². The molecule has 5 N–H and O–H groups in total. The quantitative estimate of drug-likeness (QED) is 0.223. The molecule has 1 aromatic heterocycles. The fourth-order valence-electron chi connectivity index (χ4n) is 4.62. The summed E-state index contributed by atoms with van der Waals surface area (Å²) in [6.45, 7) is 0.651. The molecule has 41 heavy (non-hydrogen) atoms. The van der Waals surface area contributed by atoms with Crippen LogP contribution in [0.4, 0.5) is 4.39 Å². The number of carbonyl (C=O) groups is 3. The molecule has 2 fully saturated rings. The van der Waals surface area contributed by atoms with E-state index in [1.165, 1.54) is 40.5 Å². The molecule has 1 spiro atoms. The zero-order chi connectivity index (χ0) is 29.0. The second kappa shape index (κ2) is 12.0. The number of likely N-dealkylation sites (tertiary alicyclic amines) is 1. The summed E-state index contributed by atoms with van der Waals surface area (Å²) in [5, 5.41) is 13.0. The molecule has 3 heterocycles. The van der Waals surface area contributed by atoms with Crippen LogP contribution >= 0.6 is 11.3 Å². The van der Waals surface area contributed by atoms with Crippen molar-refractivity contribution in [3.05, 3.63) is 81.8 Å². The first kappa shape index (κ1) is 28.2.